The molecule has 2 aromatic carbocycles. The van der Waals surface area contributed by atoms with Gasteiger partial charge in [0.05, 0.1) is 12.8 Å². The van der Waals surface area contributed by atoms with Crippen molar-refractivity contribution in [1.29, 1.82) is 0 Å². The summed E-state index contributed by atoms with van der Waals surface area (Å²) in [5, 5.41) is 13.5. The molecule has 0 saturated carbocycles. The van der Waals surface area contributed by atoms with Crippen molar-refractivity contribution in [3.05, 3.63) is 54.1 Å². The van der Waals surface area contributed by atoms with Gasteiger partial charge in [-0.3, -0.25) is 4.99 Å². The molecule has 138 valence electrons. The summed E-state index contributed by atoms with van der Waals surface area (Å²) in [6.45, 7) is 4.04. The van der Waals surface area contributed by atoms with Gasteiger partial charge in [0.2, 0.25) is 0 Å². The molecule has 0 aromatic heterocycles. The molecule has 0 bridgehead atoms. The quantitative estimate of drug-likeness (QED) is 0.652. The number of phenols is 1. The van der Waals surface area contributed by atoms with Crippen LogP contribution in [0.1, 0.15) is 5.56 Å². The molecule has 6 heteroatoms. The summed E-state index contributed by atoms with van der Waals surface area (Å²) in [6, 6.07) is 15.5. The second-order valence-electron chi connectivity index (χ2n) is 6.18. The summed E-state index contributed by atoms with van der Waals surface area (Å²) >= 11 is 0. The zero-order chi connectivity index (χ0) is 18.4. The fourth-order valence-electron chi connectivity index (χ4n) is 3.25. The maximum absolute atomic E-state index is 10.0. The monoisotopic (exact) mass is 354 g/mol. The normalized spacial score (nSPS) is 15.1. The van der Waals surface area contributed by atoms with E-state index in [2.05, 4.69) is 26.2 Å². The minimum Gasteiger partial charge on any atom is -0.506 e. The molecule has 2 aromatic rings. The van der Waals surface area contributed by atoms with E-state index >= 15 is 0 Å². The average Bonchev–Trinajstić information content (AvgIpc) is 2.70. The zero-order valence-corrected chi connectivity index (χ0v) is 15.4. The van der Waals surface area contributed by atoms with Gasteiger partial charge in [-0.2, -0.15) is 0 Å². The third kappa shape index (κ3) is 4.02. The highest BCUT2D eigenvalue weighted by molar-refractivity contribution is 5.80. The lowest BCUT2D eigenvalue weighted by atomic mass is 10.2. The minimum atomic E-state index is 0.333. The largest absolute Gasteiger partial charge is 0.506 e. The number of hydrogen-bond donors (Lipinski definition) is 2. The highest BCUT2D eigenvalue weighted by Crippen LogP contribution is 2.27. The Hall–Kier alpha value is -2.89. The van der Waals surface area contributed by atoms with E-state index in [-0.39, 0.29) is 0 Å². The summed E-state index contributed by atoms with van der Waals surface area (Å²) in [6.07, 6.45) is 0. The number of hydrogen-bond acceptors (Lipinski definition) is 4. The van der Waals surface area contributed by atoms with Gasteiger partial charge in [-0.15, -0.1) is 0 Å². The Kier molecular flexibility index (Phi) is 5.84. The van der Waals surface area contributed by atoms with Gasteiger partial charge in [0.25, 0.3) is 0 Å². The lowest BCUT2D eigenvalue weighted by Gasteiger charge is -2.37. The lowest BCUT2D eigenvalue weighted by molar-refractivity contribution is 0.368. The second kappa shape index (κ2) is 8.47. The van der Waals surface area contributed by atoms with Crippen molar-refractivity contribution in [3.8, 4) is 11.5 Å². The number of nitrogens with zero attached hydrogens (tertiary/aromatic N) is 3. The van der Waals surface area contributed by atoms with Crippen LogP contribution in [0, 0.1) is 0 Å². The SMILES string of the molecule is CN=C(NCc1ccccc1OC)N1CCN(c2ccccc2O)CC1. The molecular weight excluding hydrogens is 328 g/mol. The number of aliphatic imine (C=N–C) groups is 1. The number of phenolic OH excluding ortho intramolecular Hbond substituents is 1. The van der Waals surface area contributed by atoms with Crippen molar-refractivity contribution in [2.45, 2.75) is 6.54 Å². The summed E-state index contributed by atoms with van der Waals surface area (Å²) in [7, 11) is 3.49. The van der Waals surface area contributed by atoms with Crippen LogP contribution in [0.5, 0.6) is 11.5 Å². The van der Waals surface area contributed by atoms with Crippen LogP contribution in [0.4, 0.5) is 5.69 Å². The van der Waals surface area contributed by atoms with Crippen LogP contribution >= 0.6 is 0 Å². The first kappa shape index (κ1) is 17.9. The molecule has 1 saturated heterocycles. The molecule has 6 nitrogen and oxygen atoms in total. The van der Waals surface area contributed by atoms with Crippen molar-refractivity contribution in [3.63, 3.8) is 0 Å². The van der Waals surface area contributed by atoms with Crippen LogP contribution in [0.2, 0.25) is 0 Å². The summed E-state index contributed by atoms with van der Waals surface area (Å²) in [5.74, 6) is 2.09. The molecule has 1 aliphatic rings. The van der Waals surface area contributed by atoms with Crippen LogP contribution < -0.4 is 15.0 Å². The van der Waals surface area contributed by atoms with Crippen molar-refractivity contribution < 1.29 is 9.84 Å². The molecule has 0 atom stereocenters. The average molecular weight is 354 g/mol. The van der Waals surface area contributed by atoms with E-state index in [1.165, 1.54) is 0 Å². The molecule has 0 radical (unpaired) electrons. The summed E-state index contributed by atoms with van der Waals surface area (Å²) < 4.78 is 5.41. The number of guanidine groups is 1. The van der Waals surface area contributed by atoms with Crippen molar-refractivity contribution >= 4 is 11.6 Å². The molecule has 1 fully saturated rings. The van der Waals surface area contributed by atoms with Gasteiger partial charge in [-0.1, -0.05) is 30.3 Å². The van der Waals surface area contributed by atoms with E-state index in [0.717, 1.165) is 49.1 Å². The molecule has 0 spiro atoms. The van der Waals surface area contributed by atoms with Crippen LogP contribution in [-0.4, -0.2) is 56.3 Å². The Morgan fingerprint density at radius 3 is 2.46 bits per heavy atom. The predicted octanol–water partition coefficient (Wildman–Crippen LogP) is 2.30. The van der Waals surface area contributed by atoms with E-state index < -0.39 is 0 Å². The highest BCUT2D eigenvalue weighted by Gasteiger charge is 2.21. The van der Waals surface area contributed by atoms with Crippen LogP contribution in [0.25, 0.3) is 0 Å². The smallest absolute Gasteiger partial charge is 0.194 e. The van der Waals surface area contributed by atoms with Gasteiger partial charge in [0.1, 0.15) is 11.5 Å². The first-order valence-corrected chi connectivity index (χ1v) is 8.83. The lowest BCUT2D eigenvalue weighted by Crippen LogP contribution is -2.52. The first-order valence-electron chi connectivity index (χ1n) is 8.83. The number of nitrogens with one attached hydrogen (secondary N) is 1. The number of rotatable bonds is 4. The molecule has 0 unspecified atom stereocenters. The molecule has 1 aliphatic heterocycles. The number of piperazine rings is 1. The van der Waals surface area contributed by atoms with Crippen LogP contribution in [0.3, 0.4) is 0 Å². The number of benzene rings is 2. The fourth-order valence-corrected chi connectivity index (χ4v) is 3.25. The Labute approximate surface area is 154 Å². The Bertz CT molecular complexity index is 755. The van der Waals surface area contributed by atoms with Gasteiger partial charge >= 0.3 is 0 Å². The summed E-state index contributed by atoms with van der Waals surface area (Å²) in [5.41, 5.74) is 1.99. The van der Waals surface area contributed by atoms with Gasteiger partial charge in [-0.25, -0.2) is 0 Å². The van der Waals surface area contributed by atoms with E-state index in [4.69, 9.17) is 4.74 Å². The summed E-state index contributed by atoms with van der Waals surface area (Å²) in [4.78, 5) is 8.87. The van der Waals surface area contributed by atoms with Crippen LogP contribution in [0.15, 0.2) is 53.5 Å². The Balaban J connectivity index is 1.58. The minimum absolute atomic E-state index is 0.333. The number of aromatic hydroxyl groups is 1. The van der Waals surface area contributed by atoms with Crippen molar-refractivity contribution in [2.75, 3.05) is 45.2 Å². The first-order chi connectivity index (χ1) is 12.7. The van der Waals surface area contributed by atoms with Crippen molar-refractivity contribution in [2.24, 2.45) is 4.99 Å². The second-order valence-corrected chi connectivity index (χ2v) is 6.18. The number of para-hydroxylation sites is 3. The van der Waals surface area contributed by atoms with E-state index in [0.29, 0.717) is 12.3 Å². The maximum atomic E-state index is 10.0. The van der Waals surface area contributed by atoms with E-state index in [9.17, 15) is 5.11 Å². The van der Waals surface area contributed by atoms with Crippen LogP contribution in [-0.2, 0) is 6.54 Å². The molecule has 2 N–H and O–H groups in total. The van der Waals surface area contributed by atoms with Gasteiger partial charge in [0, 0.05) is 45.3 Å². The molecule has 26 heavy (non-hydrogen) atoms. The molecule has 0 aliphatic carbocycles. The van der Waals surface area contributed by atoms with Crippen molar-refractivity contribution in [1.82, 2.24) is 10.2 Å². The number of methoxy groups -OCH3 is 1. The third-order valence-electron chi connectivity index (χ3n) is 4.64. The Morgan fingerprint density at radius 2 is 1.77 bits per heavy atom. The third-order valence-corrected chi connectivity index (χ3v) is 4.64. The molecule has 1 heterocycles. The number of ether oxygens (including phenoxy) is 1. The Morgan fingerprint density at radius 1 is 1.08 bits per heavy atom. The topological polar surface area (TPSA) is 60.3 Å². The van der Waals surface area contributed by atoms with E-state index in [1.807, 2.05) is 36.4 Å². The predicted molar refractivity (Wildman–Crippen MR) is 105 cm³/mol. The standard InChI is InChI=1S/C20H26N4O2/c1-21-20(22-15-16-7-3-6-10-19(16)26-2)24-13-11-23(12-14-24)17-8-4-5-9-18(17)25/h3-10,25H,11-15H2,1-2H3,(H,21,22). The van der Waals surface area contributed by atoms with Gasteiger partial charge in [0.15, 0.2) is 5.96 Å². The maximum Gasteiger partial charge on any atom is 0.194 e. The molecule has 0 amide bonds. The zero-order valence-electron chi connectivity index (χ0n) is 15.4. The highest BCUT2D eigenvalue weighted by atomic mass is 16.5. The molecule has 3 rings (SSSR count). The fraction of sp³-hybridized carbons (Fsp3) is 0.350. The van der Waals surface area contributed by atoms with Gasteiger partial charge < -0.3 is 25.0 Å². The van der Waals surface area contributed by atoms with Gasteiger partial charge in [-0.05, 0) is 18.2 Å². The van der Waals surface area contributed by atoms with E-state index in [1.54, 1.807) is 20.2 Å². The number of anilines is 1. The molecular formula is C20H26N4O2.